The van der Waals surface area contributed by atoms with Gasteiger partial charge in [0.15, 0.2) is 0 Å². The van der Waals surface area contributed by atoms with Crippen LogP contribution in [-0.2, 0) is 0 Å². The lowest BCUT2D eigenvalue weighted by molar-refractivity contribution is 0.307. The quantitative estimate of drug-likeness (QED) is 0.748. The van der Waals surface area contributed by atoms with Crippen molar-refractivity contribution >= 4 is 21.6 Å². The number of benzene rings is 1. The van der Waals surface area contributed by atoms with Crippen molar-refractivity contribution in [2.45, 2.75) is 13.8 Å². The van der Waals surface area contributed by atoms with E-state index >= 15 is 0 Å². The van der Waals surface area contributed by atoms with Crippen LogP contribution in [0.2, 0.25) is 0 Å². The molecule has 0 N–H and O–H groups in total. The molecule has 16 heavy (non-hydrogen) atoms. The first kappa shape index (κ1) is 11.8. The van der Waals surface area contributed by atoms with E-state index in [0.717, 1.165) is 13.1 Å². The van der Waals surface area contributed by atoms with Crippen molar-refractivity contribution in [3.05, 3.63) is 28.2 Å². The molecule has 0 atom stereocenters. The van der Waals surface area contributed by atoms with Crippen molar-refractivity contribution in [2.75, 3.05) is 18.0 Å². The molecule has 1 aromatic carbocycles. The summed E-state index contributed by atoms with van der Waals surface area (Å²) in [5, 5.41) is 0. The highest BCUT2D eigenvalue weighted by atomic mass is 79.9. The number of hydrogen-bond donors (Lipinski definition) is 0. The molecule has 1 saturated heterocycles. The third kappa shape index (κ3) is 2.08. The van der Waals surface area contributed by atoms with Crippen molar-refractivity contribution < 1.29 is 8.78 Å². The van der Waals surface area contributed by atoms with E-state index in [1.54, 1.807) is 0 Å². The molecule has 0 aliphatic carbocycles. The van der Waals surface area contributed by atoms with Gasteiger partial charge in [0.1, 0.15) is 11.6 Å². The predicted octanol–water partition coefficient (Wildman–Crippen LogP) is 3.82. The first-order valence-electron chi connectivity index (χ1n) is 5.38. The van der Waals surface area contributed by atoms with Crippen LogP contribution < -0.4 is 4.90 Å². The van der Waals surface area contributed by atoms with E-state index in [1.807, 2.05) is 4.90 Å². The summed E-state index contributed by atoms with van der Waals surface area (Å²) >= 11 is 2.97. The second-order valence-corrected chi connectivity index (χ2v) is 5.48. The van der Waals surface area contributed by atoms with E-state index < -0.39 is 5.82 Å². The van der Waals surface area contributed by atoms with Gasteiger partial charge in [0.2, 0.25) is 0 Å². The second kappa shape index (κ2) is 4.32. The summed E-state index contributed by atoms with van der Waals surface area (Å²) in [6, 6.07) is 2.45. The highest BCUT2D eigenvalue weighted by molar-refractivity contribution is 9.10. The van der Waals surface area contributed by atoms with Gasteiger partial charge in [-0.25, -0.2) is 8.78 Å². The van der Waals surface area contributed by atoms with Crippen LogP contribution in [0.15, 0.2) is 16.6 Å². The lowest BCUT2D eigenvalue weighted by Crippen LogP contribution is -2.49. The molecule has 0 aromatic heterocycles. The molecule has 0 amide bonds. The van der Waals surface area contributed by atoms with Crippen LogP contribution in [0.5, 0.6) is 0 Å². The lowest BCUT2D eigenvalue weighted by atomic mass is 9.88. The maximum absolute atomic E-state index is 13.6. The van der Waals surface area contributed by atoms with Crippen LogP contribution in [-0.4, -0.2) is 13.1 Å². The molecule has 88 valence electrons. The minimum absolute atomic E-state index is 0.176. The summed E-state index contributed by atoms with van der Waals surface area (Å²) < 4.78 is 27.1. The Bertz CT molecular complexity index is 400. The molecule has 1 fully saturated rings. The number of nitrogens with zero attached hydrogens (tertiary/aromatic N) is 1. The third-order valence-electron chi connectivity index (χ3n) is 3.18. The lowest BCUT2D eigenvalue weighted by Gasteiger charge is -2.43. The number of anilines is 1. The van der Waals surface area contributed by atoms with E-state index in [2.05, 4.69) is 29.8 Å². The molecule has 0 spiro atoms. The first-order chi connectivity index (χ1) is 7.49. The van der Waals surface area contributed by atoms with Crippen LogP contribution in [0.4, 0.5) is 14.5 Å². The highest BCUT2D eigenvalue weighted by Gasteiger charge is 2.31. The fraction of sp³-hybridized carbons (Fsp3) is 0.500. The van der Waals surface area contributed by atoms with Crippen LogP contribution in [0.3, 0.4) is 0 Å². The zero-order valence-corrected chi connectivity index (χ0v) is 10.9. The fourth-order valence-electron chi connectivity index (χ4n) is 1.89. The average molecular weight is 290 g/mol. The molecule has 1 nitrogen and oxygen atoms in total. The molecular weight excluding hydrogens is 276 g/mol. The summed E-state index contributed by atoms with van der Waals surface area (Å²) in [6.07, 6.45) is 0. The fourth-order valence-corrected chi connectivity index (χ4v) is 2.20. The molecular formula is C12H14BrF2N. The van der Waals surface area contributed by atoms with Gasteiger partial charge in [-0.05, 0) is 33.8 Å². The maximum atomic E-state index is 13.6. The van der Waals surface area contributed by atoms with E-state index in [0.29, 0.717) is 17.5 Å². The van der Waals surface area contributed by atoms with Crippen molar-refractivity contribution in [3.8, 4) is 0 Å². The minimum Gasteiger partial charge on any atom is -0.368 e. The molecule has 0 bridgehead atoms. The molecule has 4 heteroatoms. The summed E-state index contributed by atoms with van der Waals surface area (Å²) in [7, 11) is 0. The Morgan fingerprint density at radius 3 is 2.44 bits per heavy atom. The Labute approximate surface area is 103 Å². The Kier molecular flexibility index (Phi) is 3.19. The van der Waals surface area contributed by atoms with Gasteiger partial charge >= 0.3 is 0 Å². The van der Waals surface area contributed by atoms with Gasteiger partial charge < -0.3 is 4.90 Å². The summed E-state index contributed by atoms with van der Waals surface area (Å²) in [5.74, 6) is 0.408. The Hall–Kier alpha value is -0.640. The minimum atomic E-state index is -0.413. The van der Waals surface area contributed by atoms with Gasteiger partial charge in [0, 0.05) is 19.2 Å². The van der Waals surface area contributed by atoms with E-state index in [1.165, 1.54) is 12.1 Å². The van der Waals surface area contributed by atoms with Crippen LogP contribution in [0.1, 0.15) is 13.8 Å². The normalized spacial score (nSPS) is 16.8. The van der Waals surface area contributed by atoms with Gasteiger partial charge in [-0.2, -0.15) is 0 Å². The van der Waals surface area contributed by atoms with Crippen LogP contribution in [0, 0.1) is 23.5 Å². The van der Waals surface area contributed by atoms with Gasteiger partial charge in [0.05, 0.1) is 10.2 Å². The number of rotatable bonds is 2. The van der Waals surface area contributed by atoms with Crippen LogP contribution in [0.25, 0.3) is 0 Å². The van der Waals surface area contributed by atoms with Crippen LogP contribution >= 0.6 is 15.9 Å². The van der Waals surface area contributed by atoms with Gasteiger partial charge in [0.25, 0.3) is 0 Å². The topological polar surface area (TPSA) is 3.24 Å². The summed E-state index contributed by atoms with van der Waals surface area (Å²) in [4.78, 5) is 1.88. The Morgan fingerprint density at radius 2 is 1.88 bits per heavy atom. The smallest absolute Gasteiger partial charge is 0.147 e. The summed E-state index contributed by atoms with van der Waals surface area (Å²) in [5.41, 5.74) is 0.373. The SMILES string of the molecule is CC(C)C1CN(c2cc(F)c(Br)cc2F)C1. The Balaban J connectivity index is 2.15. The zero-order chi connectivity index (χ0) is 11.9. The monoisotopic (exact) mass is 289 g/mol. The molecule has 1 aromatic rings. The molecule has 1 aliphatic rings. The van der Waals surface area contributed by atoms with E-state index in [9.17, 15) is 8.78 Å². The van der Waals surface area contributed by atoms with Gasteiger partial charge in [-0.1, -0.05) is 13.8 Å². The van der Waals surface area contributed by atoms with Crippen molar-refractivity contribution in [2.24, 2.45) is 11.8 Å². The molecule has 0 radical (unpaired) electrons. The molecule has 2 rings (SSSR count). The van der Waals surface area contributed by atoms with E-state index in [4.69, 9.17) is 0 Å². The number of halogens is 3. The molecule has 0 unspecified atom stereocenters. The molecule has 1 aliphatic heterocycles. The third-order valence-corrected chi connectivity index (χ3v) is 3.79. The molecule has 0 saturated carbocycles. The standard InChI is InChI=1S/C12H14BrF2N/c1-7(2)8-5-16(6-8)12-4-10(14)9(13)3-11(12)15/h3-4,7-8H,5-6H2,1-2H3. The average Bonchev–Trinajstić information content (AvgIpc) is 2.10. The molecule has 1 heterocycles. The maximum Gasteiger partial charge on any atom is 0.147 e. The van der Waals surface area contributed by atoms with Gasteiger partial charge in [-0.15, -0.1) is 0 Å². The van der Waals surface area contributed by atoms with Crippen molar-refractivity contribution in [1.29, 1.82) is 0 Å². The second-order valence-electron chi connectivity index (χ2n) is 4.63. The zero-order valence-electron chi connectivity index (χ0n) is 9.30. The summed E-state index contributed by atoms with van der Waals surface area (Å²) in [6.45, 7) is 5.94. The predicted molar refractivity (Wildman–Crippen MR) is 64.6 cm³/mol. The highest BCUT2D eigenvalue weighted by Crippen LogP contribution is 2.33. The van der Waals surface area contributed by atoms with Gasteiger partial charge in [-0.3, -0.25) is 0 Å². The van der Waals surface area contributed by atoms with E-state index in [-0.39, 0.29) is 10.3 Å². The van der Waals surface area contributed by atoms with Crippen molar-refractivity contribution in [3.63, 3.8) is 0 Å². The number of hydrogen-bond acceptors (Lipinski definition) is 1. The van der Waals surface area contributed by atoms with Crippen molar-refractivity contribution in [1.82, 2.24) is 0 Å². The Morgan fingerprint density at radius 1 is 1.25 bits per heavy atom. The largest absolute Gasteiger partial charge is 0.368 e. The first-order valence-corrected chi connectivity index (χ1v) is 6.18.